The molecule has 0 saturated carbocycles. The van der Waals surface area contributed by atoms with E-state index in [-0.39, 0.29) is 5.91 Å². The Hall–Kier alpha value is -1.88. The molecule has 1 aliphatic rings. The third kappa shape index (κ3) is 4.06. The first kappa shape index (κ1) is 14.5. The summed E-state index contributed by atoms with van der Waals surface area (Å²) in [6, 6.07) is 3.66. The molecule has 2 N–H and O–H groups in total. The second kappa shape index (κ2) is 7.05. The van der Waals surface area contributed by atoms with Crippen LogP contribution in [0.4, 0.5) is 5.82 Å². The summed E-state index contributed by atoms with van der Waals surface area (Å²) < 4.78 is 0. The molecule has 0 fully saturated rings. The Bertz CT molecular complexity index is 479. The molecule has 0 radical (unpaired) electrons. The Morgan fingerprint density at radius 1 is 1.45 bits per heavy atom. The number of hydrogen-bond acceptors (Lipinski definition) is 4. The van der Waals surface area contributed by atoms with Crippen LogP contribution in [-0.2, 0) is 0 Å². The molecule has 0 bridgehead atoms. The topological polar surface area (TPSA) is 57.3 Å². The smallest absolute Gasteiger partial charge is 0.254 e. The van der Waals surface area contributed by atoms with E-state index in [1.807, 2.05) is 12.1 Å². The standard InChI is InChI=1S/C15H22N4O/c1-19(2)15(20)13-3-4-14(18-11-13)17-10-7-12-5-8-16-9-6-12/h3-5,11,16H,6-10H2,1-2H3,(H,17,18). The van der Waals surface area contributed by atoms with Crippen LogP contribution in [-0.4, -0.2) is 49.5 Å². The number of rotatable bonds is 5. The van der Waals surface area contributed by atoms with Crippen molar-refractivity contribution < 1.29 is 4.79 Å². The SMILES string of the molecule is CN(C)C(=O)c1ccc(NCCC2=CCNCC2)nc1. The molecule has 1 aromatic rings. The van der Waals surface area contributed by atoms with Crippen LogP contribution in [0, 0.1) is 0 Å². The van der Waals surface area contributed by atoms with Gasteiger partial charge in [0.25, 0.3) is 5.91 Å². The van der Waals surface area contributed by atoms with Gasteiger partial charge in [-0.1, -0.05) is 11.6 Å². The van der Waals surface area contributed by atoms with Crippen LogP contribution < -0.4 is 10.6 Å². The predicted octanol–water partition coefficient (Wildman–Crippen LogP) is 1.51. The molecule has 0 atom stereocenters. The molecule has 0 spiro atoms. The lowest BCUT2D eigenvalue weighted by molar-refractivity contribution is 0.0827. The fraction of sp³-hybridized carbons (Fsp3) is 0.467. The monoisotopic (exact) mass is 274 g/mol. The zero-order valence-corrected chi connectivity index (χ0v) is 12.1. The number of hydrogen-bond donors (Lipinski definition) is 2. The van der Waals surface area contributed by atoms with Gasteiger partial charge < -0.3 is 15.5 Å². The number of amides is 1. The Morgan fingerprint density at radius 2 is 2.30 bits per heavy atom. The third-order valence-corrected chi connectivity index (χ3v) is 3.33. The van der Waals surface area contributed by atoms with Gasteiger partial charge in [-0.3, -0.25) is 4.79 Å². The van der Waals surface area contributed by atoms with Gasteiger partial charge in [0.05, 0.1) is 5.56 Å². The maximum Gasteiger partial charge on any atom is 0.254 e. The highest BCUT2D eigenvalue weighted by atomic mass is 16.2. The summed E-state index contributed by atoms with van der Waals surface area (Å²) in [4.78, 5) is 17.6. The largest absolute Gasteiger partial charge is 0.370 e. The Morgan fingerprint density at radius 3 is 2.90 bits per heavy atom. The first-order valence-electron chi connectivity index (χ1n) is 6.97. The van der Waals surface area contributed by atoms with Crippen molar-refractivity contribution in [3.8, 4) is 0 Å². The van der Waals surface area contributed by atoms with E-state index >= 15 is 0 Å². The molecule has 5 heteroatoms. The second-order valence-electron chi connectivity index (χ2n) is 5.12. The van der Waals surface area contributed by atoms with E-state index in [1.165, 1.54) is 5.57 Å². The van der Waals surface area contributed by atoms with E-state index in [0.29, 0.717) is 5.56 Å². The molecule has 108 valence electrons. The molecule has 2 rings (SSSR count). The van der Waals surface area contributed by atoms with Crippen LogP contribution in [0.3, 0.4) is 0 Å². The molecule has 1 amide bonds. The third-order valence-electron chi connectivity index (χ3n) is 3.33. The molecule has 20 heavy (non-hydrogen) atoms. The minimum absolute atomic E-state index is 0.0242. The van der Waals surface area contributed by atoms with Crippen molar-refractivity contribution in [2.24, 2.45) is 0 Å². The highest BCUT2D eigenvalue weighted by Crippen LogP contribution is 2.11. The fourth-order valence-electron chi connectivity index (χ4n) is 2.13. The van der Waals surface area contributed by atoms with E-state index in [2.05, 4.69) is 21.7 Å². The molecule has 1 aromatic heterocycles. The van der Waals surface area contributed by atoms with Gasteiger partial charge in [-0.2, -0.15) is 0 Å². The highest BCUT2D eigenvalue weighted by molar-refractivity contribution is 5.93. The summed E-state index contributed by atoms with van der Waals surface area (Å²) in [5.41, 5.74) is 2.11. The molecule has 5 nitrogen and oxygen atoms in total. The van der Waals surface area contributed by atoms with Crippen molar-refractivity contribution in [1.82, 2.24) is 15.2 Å². The maximum atomic E-state index is 11.7. The van der Waals surface area contributed by atoms with Gasteiger partial charge in [0.2, 0.25) is 0 Å². The molecular formula is C15H22N4O. The van der Waals surface area contributed by atoms with Gasteiger partial charge >= 0.3 is 0 Å². The first-order valence-corrected chi connectivity index (χ1v) is 6.97. The summed E-state index contributed by atoms with van der Waals surface area (Å²) in [6.45, 7) is 2.93. The lowest BCUT2D eigenvalue weighted by atomic mass is 10.1. The van der Waals surface area contributed by atoms with Crippen LogP contribution >= 0.6 is 0 Å². The lowest BCUT2D eigenvalue weighted by Gasteiger charge is -2.14. The fourth-order valence-corrected chi connectivity index (χ4v) is 2.13. The van der Waals surface area contributed by atoms with Crippen molar-refractivity contribution >= 4 is 11.7 Å². The second-order valence-corrected chi connectivity index (χ2v) is 5.12. The summed E-state index contributed by atoms with van der Waals surface area (Å²) in [5, 5.41) is 6.59. The zero-order chi connectivity index (χ0) is 14.4. The minimum atomic E-state index is -0.0242. The zero-order valence-electron chi connectivity index (χ0n) is 12.1. The molecule has 0 aromatic carbocycles. The molecular weight excluding hydrogens is 252 g/mol. The number of nitrogens with one attached hydrogen (secondary N) is 2. The Kier molecular flexibility index (Phi) is 5.12. The van der Waals surface area contributed by atoms with Crippen LogP contribution in [0.25, 0.3) is 0 Å². The molecule has 0 unspecified atom stereocenters. The Balaban J connectivity index is 1.81. The predicted molar refractivity (Wildman–Crippen MR) is 80.9 cm³/mol. The van der Waals surface area contributed by atoms with Crippen LogP contribution in [0.15, 0.2) is 30.0 Å². The van der Waals surface area contributed by atoms with E-state index in [9.17, 15) is 4.79 Å². The normalized spacial score (nSPS) is 14.6. The number of aromatic nitrogens is 1. The van der Waals surface area contributed by atoms with E-state index in [4.69, 9.17) is 0 Å². The number of pyridine rings is 1. The summed E-state index contributed by atoms with van der Waals surface area (Å²) in [7, 11) is 3.47. The van der Waals surface area contributed by atoms with Gasteiger partial charge in [-0.25, -0.2) is 4.98 Å². The number of carbonyl (C=O) groups is 1. The highest BCUT2D eigenvalue weighted by Gasteiger charge is 2.08. The van der Waals surface area contributed by atoms with Crippen molar-refractivity contribution in [3.63, 3.8) is 0 Å². The molecule has 1 aliphatic heterocycles. The van der Waals surface area contributed by atoms with Gasteiger partial charge in [-0.15, -0.1) is 0 Å². The van der Waals surface area contributed by atoms with E-state index in [1.54, 1.807) is 25.2 Å². The van der Waals surface area contributed by atoms with Gasteiger partial charge in [0.1, 0.15) is 5.82 Å². The summed E-state index contributed by atoms with van der Waals surface area (Å²) in [6.07, 6.45) is 6.05. The van der Waals surface area contributed by atoms with Crippen LogP contribution in [0.5, 0.6) is 0 Å². The van der Waals surface area contributed by atoms with Gasteiger partial charge in [-0.05, 0) is 31.5 Å². The van der Waals surface area contributed by atoms with Crippen molar-refractivity contribution in [3.05, 3.63) is 35.5 Å². The Labute approximate surface area is 120 Å². The summed E-state index contributed by atoms with van der Waals surface area (Å²) >= 11 is 0. The summed E-state index contributed by atoms with van der Waals surface area (Å²) in [5.74, 6) is 0.791. The molecule has 2 heterocycles. The number of carbonyl (C=O) groups excluding carboxylic acids is 1. The van der Waals surface area contributed by atoms with Crippen molar-refractivity contribution in [1.29, 1.82) is 0 Å². The van der Waals surface area contributed by atoms with Crippen molar-refractivity contribution in [2.75, 3.05) is 39.0 Å². The average molecular weight is 274 g/mol. The quantitative estimate of drug-likeness (QED) is 0.799. The molecule has 0 saturated heterocycles. The van der Waals surface area contributed by atoms with E-state index in [0.717, 1.165) is 38.3 Å². The average Bonchev–Trinajstić information content (AvgIpc) is 2.48. The lowest BCUT2D eigenvalue weighted by Crippen LogP contribution is -2.22. The number of anilines is 1. The van der Waals surface area contributed by atoms with Gasteiger partial charge in [0, 0.05) is 33.4 Å². The van der Waals surface area contributed by atoms with E-state index < -0.39 is 0 Å². The minimum Gasteiger partial charge on any atom is -0.370 e. The van der Waals surface area contributed by atoms with Gasteiger partial charge in [0.15, 0.2) is 0 Å². The van der Waals surface area contributed by atoms with Crippen molar-refractivity contribution in [2.45, 2.75) is 12.8 Å². The first-order chi connectivity index (χ1) is 9.66. The maximum absolute atomic E-state index is 11.7. The molecule has 0 aliphatic carbocycles. The number of nitrogens with zero attached hydrogens (tertiary/aromatic N) is 2. The van der Waals surface area contributed by atoms with Crippen LogP contribution in [0.2, 0.25) is 0 Å². The van der Waals surface area contributed by atoms with Crippen LogP contribution in [0.1, 0.15) is 23.2 Å².